The van der Waals surface area contributed by atoms with E-state index in [2.05, 4.69) is 51.7 Å². The molecule has 0 radical (unpaired) electrons. The van der Waals surface area contributed by atoms with Crippen LogP contribution in [0.5, 0.6) is 0 Å². The largest absolute Gasteiger partial charge is 0.346 e. The summed E-state index contributed by atoms with van der Waals surface area (Å²) in [7, 11) is 0. The Kier molecular flexibility index (Phi) is 3.73. The molecule has 110 valence electrons. The van der Waals surface area contributed by atoms with Gasteiger partial charge in [-0.1, -0.05) is 20.8 Å². The molecule has 1 atom stereocenters. The summed E-state index contributed by atoms with van der Waals surface area (Å²) >= 11 is 0. The number of H-pyrrole nitrogens is 1. The number of aromatic nitrogens is 5. The van der Waals surface area contributed by atoms with Crippen molar-refractivity contribution in [1.82, 2.24) is 24.7 Å². The van der Waals surface area contributed by atoms with Gasteiger partial charge in [0.1, 0.15) is 12.0 Å². The minimum Gasteiger partial charge on any atom is -0.346 e. The highest BCUT2D eigenvalue weighted by atomic mass is 15.3. The maximum absolute atomic E-state index is 4.55. The molecule has 3 aromatic rings. The van der Waals surface area contributed by atoms with Crippen LogP contribution in [-0.4, -0.2) is 24.7 Å². The zero-order valence-electron chi connectivity index (χ0n) is 12.7. The van der Waals surface area contributed by atoms with Gasteiger partial charge in [-0.05, 0) is 24.8 Å². The third-order valence-corrected chi connectivity index (χ3v) is 3.82. The second kappa shape index (κ2) is 5.68. The van der Waals surface area contributed by atoms with Crippen molar-refractivity contribution in [2.75, 3.05) is 0 Å². The van der Waals surface area contributed by atoms with Crippen LogP contribution in [-0.2, 0) is 0 Å². The first-order valence-corrected chi connectivity index (χ1v) is 7.51. The molecule has 3 aromatic heterocycles. The predicted octanol–water partition coefficient (Wildman–Crippen LogP) is 3.82. The average molecular weight is 283 g/mol. The molecule has 21 heavy (non-hydrogen) atoms. The fourth-order valence-electron chi connectivity index (χ4n) is 2.77. The lowest BCUT2D eigenvalue weighted by Gasteiger charge is -2.17. The number of hydrogen-bond acceptors (Lipinski definition) is 3. The maximum atomic E-state index is 4.55. The van der Waals surface area contributed by atoms with Gasteiger partial charge in [-0.25, -0.2) is 9.97 Å². The van der Waals surface area contributed by atoms with E-state index >= 15 is 0 Å². The highest BCUT2D eigenvalue weighted by Gasteiger charge is 2.14. The van der Waals surface area contributed by atoms with Gasteiger partial charge in [0.25, 0.3) is 0 Å². The Morgan fingerprint density at radius 2 is 2.14 bits per heavy atom. The van der Waals surface area contributed by atoms with E-state index in [0.29, 0.717) is 12.0 Å². The van der Waals surface area contributed by atoms with Crippen LogP contribution in [0.25, 0.3) is 22.3 Å². The third kappa shape index (κ3) is 2.68. The fourth-order valence-corrected chi connectivity index (χ4v) is 2.77. The molecule has 3 rings (SSSR count). The lowest BCUT2D eigenvalue weighted by atomic mass is 10.0. The van der Waals surface area contributed by atoms with Crippen molar-refractivity contribution in [1.29, 1.82) is 0 Å². The molecule has 5 heteroatoms. The number of nitrogens with zero attached hydrogens (tertiary/aromatic N) is 4. The molecular formula is C16H21N5. The monoisotopic (exact) mass is 283 g/mol. The first-order chi connectivity index (χ1) is 10.2. The van der Waals surface area contributed by atoms with Crippen LogP contribution in [0, 0.1) is 5.92 Å². The molecule has 0 aliphatic heterocycles. The molecular weight excluding hydrogens is 262 g/mol. The highest BCUT2D eigenvalue weighted by molar-refractivity contribution is 5.89. The van der Waals surface area contributed by atoms with Crippen LogP contribution in [0.3, 0.4) is 0 Å². The molecule has 0 spiro atoms. The molecule has 1 unspecified atom stereocenters. The van der Waals surface area contributed by atoms with Crippen molar-refractivity contribution in [3.8, 4) is 11.3 Å². The summed E-state index contributed by atoms with van der Waals surface area (Å²) in [4.78, 5) is 11.8. The Bertz CT molecular complexity index is 725. The normalized spacial score (nSPS) is 13.1. The van der Waals surface area contributed by atoms with E-state index in [1.807, 2.05) is 18.5 Å². The quantitative estimate of drug-likeness (QED) is 0.774. The van der Waals surface area contributed by atoms with Gasteiger partial charge >= 0.3 is 0 Å². The van der Waals surface area contributed by atoms with Gasteiger partial charge in [0.05, 0.1) is 17.9 Å². The molecule has 0 aromatic carbocycles. The zero-order chi connectivity index (χ0) is 14.8. The minimum absolute atomic E-state index is 0.447. The zero-order valence-corrected chi connectivity index (χ0v) is 12.7. The summed E-state index contributed by atoms with van der Waals surface area (Å²) in [6.45, 7) is 6.71. The van der Waals surface area contributed by atoms with Crippen LogP contribution in [0.15, 0.2) is 31.0 Å². The molecule has 0 aliphatic rings. The van der Waals surface area contributed by atoms with Crippen LogP contribution in [0.2, 0.25) is 0 Å². The predicted molar refractivity (Wildman–Crippen MR) is 83.9 cm³/mol. The Balaban J connectivity index is 1.96. The van der Waals surface area contributed by atoms with Gasteiger partial charge in [-0.2, -0.15) is 5.10 Å². The van der Waals surface area contributed by atoms with Gasteiger partial charge < -0.3 is 4.98 Å². The molecule has 0 aliphatic carbocycles. The Morgan fingerprint density at radius 1 is 1.29 bits per heavy atom. The first-order valence-electron chi connectivity index (χ1n) is 7.51. The Labute approximate surface area is 124 Å². The van der Waals surface area contributed by atoms with Gasteiger partial charge in [0.15, 0.2) is 0 Å². The molecule has 0 saturated carbocycles. The number of nitrogens with one attached hydrogen (secondary N) is 1. The summed E-state index contributed by atoms with van der Waals surface area (Å²) in [5.74, 6) is 0.665. The smallest absolute Gasteiger partial charge is 0.141 e. The molecule has 3 heterocycles. The van der Waals surface area contributed by atoms with Gasteiger partial charge in [-0.15, -0.1) is 0 Å². The fraction of sp³-hybridized carbons (Fsp3) is 0.438. The maximum Gasteiger partial charge on any atom is 0.141 e. The SMILES string of the molecule is CCC(CC(C)C)n1cc(-c2ncnc3[nH]ccc23)cn1. The van der Waals surface area contributed by atoms with E-state index in [1.54, 1.807) is 6.33 Å². The molecule has 1 N–H and O–H groups in total. The summed E-state index contributed by atoms with van der Waals surface area (Å²) < 4.78 is 2.08. The standard InChI is InChI=1S/C16H21N5/c1-4-13(7-11(2)3)21-9-12(8-20-21)15-14-5-6-17-16(14)19-10-18-15/h5-6,8-11,13H,4,7H2,1-3H3,(H,17,18,19). The van der Waals surface area contributed by atoms with Gasteiger partial charge in [0.2, 0.25) is 0 Å². The lowest BCUT2D eigenvalue weighted by molar-refractivity contribution is 0.362. The van der Waals surface area contributed by atoms with Crippen molar-refractivity contribution in [3.63, 3.8) is 0 Å². The van der Waals surface area contributed by atoms with Crippen LogP contribution >= 0.6 is 0 Å². The van der Waals surface area contributed by atoms with E-state index in [9.17, 15) is 0 Å². The van der Waals surface area contributed by atoms with Gasteiger partial charge in [0, 0.05) is 23.3 Å². The van der Waals surface area contributed by atoms with E-state index < -0.39 is 0 Å². The van der Waals surface area contributed by atoms with E-state index in [-0.39, 0.29) is 0 Å². The summed E-state index contributed by atoms with van der Waals surface area (Å²) in [5, 5.41) is 5.59. The second-order valence-electron chi connectivity index (χ2n) is 5.86. The van der Waals surface area contributed by atoms with Crippen molar-refractivity contribution in [3.05, 3.63) is 31.0 Å². The number of fused-ring (bicyclic) bond motifs is 1. The molecule has 0 fully saturated rings. The molecule has 0 amide bonds. The van der Waals surface area contributed by atoms with E-state index in [0.717, 1.165) is 35.1 Å². The summed E-state index contributed by atoms with van der Waals surface area (Å²) in [5.41, 5.74) is 2.85. The number of aromatic amines is 1. The van der Waals surface area contributed by atoms with Crippen LogP contribution in [0.4, 0.5) is 0 Å². The number of rotatable bonds is 5. The Morgan fingerprint density at radius 3 is 2.90 bits per heavy atom. The van der Waals surface area contributed by atoms with E-state index in [1.165, 1.54) is 0 Å². The van der Waals surface area contributed by atoms with Crippen LogP contribution < -0.4 is 0 Å². The summed E-state index contributed by atoms with van der Waals surface area (Å²) in [6, 6.07) is 2.45. The third-order valence-electron chi connectivity index (χ3n) is 3.82. The van der Waals surface area contributed by atoms with Crippen molar-refractivity contribution < 1.29 is 0 Å². The van der Waals surface area contributed by atoms with Crippen molar-refractivity contribution in [2.24, 2.45) is 5.92 Å². The average Bonchev–Trinajstić information content (AvgIpc) is 3.12. The number of hydrogen-bond donors (Lipinski definition) is 1. The topological polar surface area (TPSA) is 59.4 Å². The van der Waals surface area contributed by atoms with Crippen molar-refractivity contribution in [2.45, 2.75) is 39.7 Å². The Hall–Kier alpha value is -2.17. The minimum atomic E-state index is 0.447. The van der Waals surface area contributed by atoms with Crippen molar-refractivity contribution >= 4 is 11.0 Å². The molecule has 5 nitrogen and oxygen atoms in total. The first kappa shape index (κ1) is 13.8. The van der Waals surface area contributed by atoms with Gasteiger partial charge in [-0.3, -0.25) is 4.68 Å². The molecule has 0 saturated heterocycles. The highest BCUT2D eigenvalue weighted by Crippen LogP contribution is 2.27. The molecule has 0 bridgehead atoms. The van der Waals surface area contributed by atoms with E-state index in [4.69, 9.17) is 0 Å². The lowest BCUT2D eigenvalue weighted by Crippen LogP contribution is -2.11. The second-order valence-corrected chi connectivity index (χ2v) is 5.86. The summed E-state index contributed by atoms with van der Waals surface area (Å²) in [6.07, 6.45) is 9.71. The van der Waals surface area contributed by atoms with Crippen LogP contribution in [0.1, 0.15) is 39.7 Å².